The van der Waals surface area contributed by atoms with Crippen molar-refractivity contribution < 1.29 is 4.79 Å². The second-order valence-electron chi connectivity index (χ2n) is 4.09. The molecule has 0 amide bonds. The molecule has 1 aliphatic heterocycles. The lowest BCUT2D eigenvalue weighted by Gasteiger charge is -2.17. The van der Waals surface area contributed by atoms with Gasteiger partial charge in [-0.3, -0.25) is 9.78 Å². The van der Waals surface area contributed by atoms with Crippen LogP contribution < -0.4 is 0 Å². The van der Waals surface area contributed by atoms with Gasteiger partial charge in [0.05, 0.1) is 0 Å². The minimum Gasteiger partial charge on any atom is -0.375 e. The number of carbonyl (C=O) groups is 1. The van der Waals surface area contributed by atoms with Crippen molar-refractivity contribution in [1.29, 1.82) is 0 Å². The van der Waals surface area contributed by atoms with Gasteiger partial charge in [0.1, 0.15) is 0 Å². The molecule has 0 saturated carbocycles. The number of allylic oxidation sites excluding steroid dienone is 2. The standard InChI is InChI=1S/C13H16N2O/c1-11(15-7-2-3-8-15)9-13(16)12-5-4-6-14-10-12/h4-6,9-10H,2-3,7-8H2,1H3. The summed E-state index contributed by atoms with van der Waals surface area (Å²) in [6, 6.07) is 3.58. The number of rotatable bonds is 3. The highest BCUT2D eigenvalue weighted by Gasteiger charge is 2.12. The molecule has 1 aromatic rings. The van der Waals surface area contributed by atoms with Crippen molar-refractivity contribution in [2.24, 2.45) is 0 Å². The Morgan fingerprint density at radius 1 is 1.44 bits per heavy atom. The van der Waals surface area contributed by atoms with Crippen LogP contribution >= 0.6 is 0 Å². The van der Waals surface area contributed by atoms with Crippen molar-refractivity contribution in [2.45, 2.75) is 19.8 Å². The fourth-order valence-corrected chi connectivity index (χ4v) is 1.94. The first kappa shape index (κ1) is 10.9. The Balaban J connectivity index is 2.08. The molecule has 1 fully saturated rings. The van der Waals surface area contributed by atoms with Crippen LogP contribution in [0.3, 0.4) is 0 Å². The molecule has 1 aliphatic rings. The van der Waals surface area contributed by atoms with Gasteiger partial charge in [0.2, 0.25) is 0 Å². The Hall–Kier alpha value is -1.64. The van der Waals surface area contributed by atoms with E-state index in [9.17, 15) is 4.79 Å². The van der Waals surface area contributed by atoms with Crippen LogP contribution in [0.5, 0.6) is 0 Å². The minimum absolute atomic E-state index is 0.0394. The third-order valence-electron chi connectivity index (χ3n) is 2.89. The monoisotopic (exact) mass is 216 g/mol. The summed E-state index contributed by atoms with van der Waals surface area (Å²) in [5.74, 6) is 0.0394. The van der Waals surface area contributed by atoms with Crippen LogP contribution in [0, 0.1) is 0 Å². The molecule has 1 saturated heterocycles. The van der Waals surface area contributed by atoms with Crippen LogP contribution in [-0.4, -0.2) is 28.8 Å². The highest BCUT2D eigenvalue weighted by Crippen LogP contribution is 2.14. The molecular formula is C13H16N2O. The molecule has 3 heteroatoms. The zero-order valence-electron chi connectivity index (χ0n) is 9.52. The van der Waals surface area contributed by atoms with Crippen molar-refractivity contribution >= 4 is 5.78 Å². The maximum absolute atomic E-state index is 11.9. The Morgan fingerprint density at radius 3 is 2.81 bits per heavy atom. The molecule has 0 spiro atoms. The third-order valence-corrected chi connectivity index (χ3v) is 2.89. The van der Waals surface area contributed by atoms with Gasteiger partial charge in [-0.05, 0) is 31.9 Å². The van der Waals surface area contributed by atoms with Crippen LogP contribution in [-0.2, 0) is 0 Å². The summed E-state index contributed by atoms with van der Waals surface area (Å²) < 4.78 is 0. The Labute approximate surface area is 95.8 Å². The molecule has 0 N–H and O–H groups in total. The maximum Gasteiger partial charge on any atom is 0.189 e. The molecule has 0 aromatic carbocycles. The summed E-state index contributed by atoms with van der Waals surface area (Å²) >= 11 is 0. The van der Waals surface area contributed by atoms with E-state index < -0.39 is 0 Å². The summed E-state index contributed by atoms with van der Waals surface area (Å²) in [6.07, 6.45) is 7.45. The number of nitrogens with zero attached hydrogens (tertiary/aromatic N) is 2. The van der Waals surface area contributed by atoms with Gasteiger partial charge in [-0.15, -0.1) is 0 Å². The lowest BCUT2D eigenvalue weighted by atomic mass is 10.1. The number of hydrogen-bond donors (Lipinski definition) is 0. The highest BCUT2D eigenvalue weighted by molar-refractivity contribution is 6.04. The molecule has 2 rings (SSSR count). The first-order chi connectivity index (χ1) is 7.77. The summed E-state index contributed by atoms with van der Waals surface area (Å²) in [5.41, 5.74) is 1.72. The second-order valence-corrected chi connectivity index (χ2v) is 4.09. The van der Waals surface area contributed by atoms with E-state index in [0.29, 0.717) is 5.56 Å². The predicted octanol–water partition coefficient (Wildman–Crippen LogP) is 2.26. The van der Waals surface area contributed by atoms with E-state index in [-0.39, 0.29) is 5.78 Å². The zero-order valence-corrected chi connectivity index (χ0v) is 9.52. The predicted molar refractivity (Wildman–Crippen MR) is 63.1 cm³/mol. The van der Waals surface area contributed by atoms with E-state index in [0.717, 1.165) is 18.8 Å². The largest absolute Gasteiger partial charge is 0.375 e. The van der Waals surface area contributed by atoms with Crippen molar-refractivity contribution in [1.82, 2.24) is 9.88 Å². The van der Waals surface area contributed by atoms with E-state index in [1.165, 1.54) is 12.8 Å². The van der Waals surface area contributed by atoms with Crippen molar-refractivity contribution in [2.75, 3.05) is 13.1 Å². The molecule has 0 atom stereocenters. The average molecular weight is 216 g/mol. The van der Waals surface area contributed by atoms with E-state index in [1.54, 1.807) is 30.6 Å². The molecule has 0 radical (unpaired) electrons. The van der Waals surface area contributed by atoms with Crippen LogP contribution in [0.25, 0.3) is 0 Å². The zero-order chi connectivity index (χ0) is 11.4. The third kappa shape index (κ3) is 2.48. The lowest BCUT2D eigenvalue weighted by Crippen LogP contribution is -2.17. The van der Waals surface area contributed by atoms with Crippen LogP contribution in [0.1, 0.15) is 30.1 Å². The molecule has 16 heavy (non-hydrogen) atoms. The molecule has 1 aromatic heterocycles. The summed E-state index contributed by atoms with van der Waals surface area (Å²) in [6.45, 7) is 4.14. The molecule has 2 heterocycles. The van der Waals surface area contributed by atoms with E-state index >= 15 is 0 Å². The average Bonchev–Trinajstić information content (AvgIpc) is 2.83. The van der Waals surface area contributed by atoms with Crippen molar-refractivity contribution in [3.8, 4) is 0 Å². The highest BCUT2D eigenvalue weighted by atomic mass is 16.1. The van der Waals surface area contributed by atoms with Gasteiger partial charge < -0.3 is 4.90 Å². The number of likely N-dealkylation sites (tertiary alicyclic amines) is 1. The quantitative estimate of drug-likeness (QED) is 0.574. The minimum atomic E-state index is 0.0394. The van der Waals surface area contributed by atoms with Gasteiger partial charge in [-0.25, -0.2) is 0 Å². The number of pyridine rings is 1. The van der Waals surface area contributed by atoms with Crippen LogP contribution in [0.4, 0.5) is 0 Å². The van der Waals surface area contributed by atoms with Crippen molar-refractivity contribution in [3.63, 3.8) is 0 Å². The number of hydrogen-bond acceptors (Lipinski definition) is 3. The second kappa shape index (κ2) is 4.92. The van der Waals surface area contributed by atoms with Gasteiger partial charge in [0.25, 0.3) is 0 Å². The summed E-state index contributed by atoms with van der Waals surface area (Å²) in [5, 5.41) is 0. The smallest absolute Gasteiger partial charge is 0.189 e. The Morgan fingerprint density at radius 2 is 2.19 bits per heavy atom. The first-order valence-electron chi connectivity index (χ1n) is 5.65. The molecular weight excluding hydrogens is 200 g/mol. The van der Waals surface area contributed by atoms with E-state index in [2.05, 4.69) is 9.88 Å². The topological polar surface area (TPSA) is 33.2 Å². The molecule has 0 bridgehead atoms. The number of ketones is 1. The molecule has 3 nitrogen and oxygen atoms in total. The summed E-state index contributed by atoms with van der Waals surface area (Å²) in [4.78, 5) is 18.1. The molecule has 84 valence electrons. The SMILES string of the molecule is CC(=CC(=O)c1cccnc1)N1CCCC1. The van der Waals surface area contributed by atoms with E-state index in [1.807, 2.05) is 6.92 Å². The first-order valence-corrected chi connectivity index (χ1v) is 5.65. The summed E-state index contributed by atoms with van der Waals surface area (Å²) in [7, 11) is 0. The van der Waals surface area contributed by atoms with Gasteiger partial charge in [-0.2, -0.15) is 0 Å². The van der Waals surface area contributed by atoms with Gasteiger partial charge in [-0.1, -0.05) is 0 Å². The van der Waals surface area contributed by atoms with Crippen LogP contribution in [0.15, 0.2) is 36.3 Å². The lowest BCUT2D eigenvalue weighted by molar-refractivity contribution is 0.104. The number of aromatic nitrogens is 1. The fourth-order valence-electron chi connectivity index (χ4n) is 1.94. The van der Waals surface area contributed by atoms with Gasteiger partial charge in [0, 0.05) is 42.8 Å². The van der Waals surface area contributed by atoms with E-state index in [4.69, 9.17) is 0 Å². The normalized spacial score (nSPS) is 16.6. The van der Waals surface area contributed by atoms with Crippen molar-refractivity contribution in [3.05, 3.63) is 41.9 Å². The fraction of sp³-hybridized carbons (Fsp3) is 0.385. The molecule has 0 unspecified atom stereocenters. The Kier molecular flexibility index (Phi) is 3.34. The Bertz CT molecular complexity index is 392. The van der Waals surface area contributed by atoms with Gasteiger partial charge in [0.15, 0.2) is 5.78 Å². The molecule has 0 aliphatic carbocycles. The van der Waals surface area contributed by atoms with Crippen LogP contribution in [0.2, 0.25) is 0 Å². The number of carbonyl (C=O) groups excluding carboxylic acids is 1. The van der Waals surface area contributed by atoms with Gasteiger partial charge >= 0.3 is 0 Å². The maximum atomic E-state index is 11.9.